The molecule has 17 heavy (non-hydrogen) atoms. The minimum Gasteiger partial charge on any atom is -0.326 e. The highest BCUT2D eigenvalue weighted by Crippen LogP contribution is 2.15. The first kappa shape index (κ1) is 12.5. The zero-order chi connectivity index (χ0) is 12.3. The number of thiazole rings is 1. The first-order valence-electron chi connectivity index (χ1n) is 5.82. The monoisotopic (exact) mass is 254 g/mol. The van der Waals surface area contributed by atoms with Crippen LogP contribution in [0.2, 0.25) is 0 Å². The smallest absolute Gasteiger partial charge is 0.240 e. The van der Waals surface area contributed by atoms with Crippen LogP contribution < -0.4 is 11.1 Å². The summed E-state index contributed by atoms with van der Waals surface area (Å²) >= 11 is 1.43. The predicted molar refractivity (Wildman–Crippen MR) is 68.9 cm³/mol. The van der Waals surface area contributed by atoms with Crippen LogP contribution in [-0.4, -0.2) is 41.5 Å². The quantitative estimate of drug-likeness (QED) is 0.835. The largest absolute Gasteiger partial charge is 0.326 e. The van der Waals surface area contributed by atoms with Gasteiger partial charge in [0.05, 0.1) is 6.54 Å². The normalized spacial score (nSPS) is 25.8. The van der Waals surface area contributed by atoms with Crippen LogP contribution >= 0.6 is 11.3 Å². The molecule has 2 rings (SSSR count). The number of nitrogens with two attached hydrogens (primary N) is 1. The first-order chi connectivity index (χ1) is 8.15. The van der Waals surface area contributed by atoms with E-state index in [4.69, 9.17) is 5.73 Å². The first-order valence-corrected chi connectivity index (χ1v) is 6.70. The molecule has 0 aromatic carbocycles. The molecule has 1 aromatic rings. The molecule has 1 fully saturated rings. The van der Waals surface area contributed by atoms with E-state index in [-0.39, 0.29) is 11.9 Å². The van der Waals surface area contributed by atoms with E-state index < -0.39 is 0 Å². The van der Waals surface area contributed by atoms with E-state index in [0.717, 1.165) is 19.5 Å². The van der Waals surface area contributed by atoms with Gasteiger partial charge in [-0.3, -0.25) is 9.69 Å². The van der Waals surface area contributed by atoms with Crippen molar-refractivity contribution in [1.29, 1.82) is 0 Å². The van der Waals surface area contributed by atoms with Crippen molar-refractivity contribution >= 4 is 22.4 Å². The highest BCUT2D eigenvalue weighted by molar-refractivity contribution is 7.13. The van der Waals surface area contributed by atoms with E-state index in [2.05, 4.69) is 22.1 Å². The van der Waals surface area contributed by atoms with E-state index in [9.17, 15) is 4.79 Å². The second-order valence-corrected chi connectivity index (χ2v) is 5.44. The van der Waals surface area contributed by atoms with Gasteiger partial charge >= 0.3 is 0 Å². The molecule has 0 radical (unpaired) electrons. The standard InChI is InChI=1S/C11H18N4OS/c1-8-2-4-15(6-9(8)12)7-10(16)14-11-13-3-5-17-11/h3,5,8-9H,2,4,6-7,12H2,1H3,(H,13,14,16). The lowest BCUT2D eigenvalue weighted by molar-refractivity contribution is -0.117. The van der Waals surface area contributed by atoms with Crippen LogP contribution in [0.15, 0.2) is 11.6 Å². The van der Waals surface area contributed by atoms with Gasteiger partial charge in [-0.15, -0.1) is 11.3 Å². The SMILES string of the molecule is CC1CCN(CC(=O)Nc2nccs2)CC1N. The summed E-state index contributed by atoms with van der Waals surface area (Å²) in [6.07, 6.45) is 2.74. The fourth-order valence-electron chi connectivity index (χ4n) is 1.96. The van der Waals surface area contributed by atoms with E-state index in [0.29, 0.717) is 17.6 Å². The van der Waals surface area contributed by atoms with Crippen LogP contribution in [0.5, 0.6) is 0 Å². The molecule has 0 spiro atoms. The van der Waals surface area contributed by atoms with E-state index in [1.54, 1.807) is 6.20 Å². The van der Waals surface area contributed by atoms with Crippen molar-refractivity contribution in [2.24, 2.45) is 11.7 Å². The summed E-state index contributed by atoms with van der Waals surface area (Å²) in [6.45, 7) is 4.31. The number of carbonyl (C=O) groups excluding carboxylic acids is 1. The van der Waals surface area contributed by atoms with Crippen molar-refractivity contribution < 1.29 is 4.79 Å². The number of nitrogens with one attached hydrogen (secondary N) is 1. The third-order valence-corrected chi connectivity index (χ3v) is 3.84. The Labute approximate surface area is 105 Å². The highest BCUT2D eigenvalue weighted by Gasteiger charge is 2.24. The number of nitrogens with zero attached hydrogens (tertiary/aromatic N) is 2. The number of amides is 1. The second-order valence-electron chi connectivity index (χ2n) is 4.55. The summed E-state index contributed by atoms with van der Waals surface area (Å²) in [5.74, 6) is 0.537. The Morgan fingerprint density at radius 2 is 2.59 bits per heavy atom. The van der Waals surface area contributed by atoms with E-state index in [1.807, 2.05) is 5.38 Å². The Hall–Kier alpha value is -0.980. The molecule has 0 saturated carbocycles. The van der Waals surface area contributed by atoms with Crippen LogP contribution in [0.1, 0.15) is 13.3 Å². The third-order valence-electron chi connectivity index (χ3n) is 3.15. The molecule has 2 heterocycles. The molecule has 1 aliphatic heterocycles. The maximum atomic E-state index is 11.7. The molecule has 1 aromatic heterocycles. The van der Waals surface area contributed by atoms with Crippen LogP contribution in [0.3, 0.4) is 0 Å². The van der Waals surface area contributed by atoms with Gasteiger partial charge in [0, 0.05) is 24.2 Å². The Morgan fingerprint density at radius 3 is 3.24 bits per heavy atom. The second kappa shape index (κ2) is 5.57. The van der Waals surface area contributed by atoms with Crippen LogP contribution in [0.4, 0.5) is 5.13 Å². The zero-order valence-electron chi connectivity index (χ0n) is 9.93. The summed E-state index contributed by atoms with van der Waals surface area (Å²) in [6, 6.07) is 0.177. The summed E-state index contributed by atoms with van der Waals surface area (Å²) in [7, 11) is 0. The lowest BCUT2D eigenvalue weighted by Gasteiger charge is -2.34. The van der Waals surface area contributed by atoms with Gasteiger partial charge in [-0.25, -0.2) is 4.98 Å². The Kier molecular flexibility index (Phi) is 4.09. The molecule has 94 valence electrons. The molecule has 5 nitrogen and oxygen atoms in total. The number of hydrogen-bond acceptors (Lipinski definition) is 5. The number of hydrogen-bond donors (Lipinski definition) is 2. The van der Waals surface area contributed by atoms with Gasteiger partial charge in [0.1, 0.15) is 0 Å². The van der Waals surface area contributed by atoms with Gasteiger partial charge < -0.3 is 11.1 Å². The molecule has 6 heteroatoms. The van der Waals surface area contributed by atoms with Crippen molar-refractivity contribution in [2.45, 2.75) is 19.4 Å². The number of rotatable bonds is 3. The van der Waals surface area contributed by atoms with E-state index in [1.165, 1.54) is 11.3 Å². The van der Waals surface area contributed by atoms with Gasteiger partial charge in [0.2, 0.25) is 5.91 Å². The molecular formula is C11H18N4OS. The maximum absolute atomic E-state index is 11.7. The molecule has 1 aliphatic rings. The molecular weight excluding hydrogens is 236 g/mol. The summed E-state index contributed by atoms with van der Waals surface area (Å²) in [5, 5.41) is 5.28. The average molecular weight is 254 g/mol. The minimum absolute atomic E-state index is 0.0123. The lowest BCUT2D eigenvalue weighted by atomic mass is 9.94. The number of aromatic nitrogens is 1. The average Bonchev–Trinajstić information content (AvgIpc) is 2.76. The summed E-state index contributed by atoms with van der Waals surface area (Å²) in [4.78, 5) is 17.9. The highest BCUT2D eigenvalue weighted by atomic mass is 32.1. The molecule has 2 unspecified atom stereocenters. The van der Waals surface area contributed by atoms with Gasteiger partial charge in [0.15, 0.2) is 5.13 Å². The van der Waals surface area contributed by atoms with Gasteiger partial charge in [-0.05, 0) is 18.9 Å². The summed E-state index contributed by atoms with van der Waals surface area (Å²) in [5.41, 5.74) is 6.00. The molecule has 0 bridgehead atoms. The van der Waals surface area contributed by atoms with Crippen molar-refractivity contribution in [3.8, 4) is 0 Å². The molecule has 0 aliphatic carbocycles. The fraction of sp³-hybridized carbons (Fsp3) is 0.636. The molecule has 1 amide bonds. The topological polar surface area (TPSA) is 71.2 Å². The number of carbonyl (C=O) groups is 1. The maximum Gasteiger partial charge on any atom is 0.240 e. The number of likely N-dealkylation sites (tertiary alicyclic amines) is 1. The fourth-order valence-corrected chi connectivity index (χ4v) is 2.51. The van der Waals surface area contributed by atoms with Gasteiger partial charge in [0.25, 0.3) is 0 Å². The lowest BCUT2D eigenvalue weighted by Crippen LogP contribution is -2.49. The minimum atomic E-state index is -0.0123. The van der Waals surface area contributed by atoms with Crippen molar-refractivity contribution in [2.75, 3.05) is 25.0 Å². The van der Waals surface area contributed by atoms with Crippen molar-refractivity contribution in [1.82, 2.24) is 9.88 Å². The third kappa shape index (κ3) is 3.49. The molecule has 1 saturated heterocycles. The molecule has 3 N–H and O–H groups in total. The van der Waals surface area contributed by atoms with Gasteiger partial charge in [-0.2, -0.15) is 0 Å². The van der Waals surface area contributed by atoms with Gasteiger partial charge in [-0.1, -0.05) is 6.92 Å². The predicted octanol–water partition coefficient (Wildman–Crippen LogP) is 0.751. The Bertz CT molecular complexity index is 368. The Morgan fingerprint density at radius 1 is 1.76 bits per heavy atom. The van der Waals surface area contributed by atoms with Crippen molar-refractivity contribution in [3.05, 3.63) is 11.6 Å². The summed E-state index contributed by atoms with van der Waals surface area (Å²) < 4.78 is 0. The Balaban J connectivity index is 1.79. The zero-order valence-corrected chi connectivity index (χ0v) is 10.7. The number of piperidine rings is 1. The van der Waals surface area contributed by atoms with Crippen LogP contribution in [0, 0.1) is 5.92 Å². The number of anilines is 1. The van der Waals surface area contributed by atoms with Crippen molar-refractivity contribution in [3.63, 3.8) is 0 Å². The molecule has 2 atom stereocenters. The van der Waals surface area contributed by atoms with Crippen LogP contribution in [-0.2, 0) is 4.79 Å². The van der Waals surface area contributed by atoms with Crippen LogP contribution in [0.25, 0.3) is 0 Å². The van der Waals surface area contributed by atoms with E-state index >= 15 is 0 Å².